The maximum atomic E-state index is 12.0. The normalized spacial score (nSPS) is 12.1. The van der Waals surface area contributed by atoms with Crippen molar-refractivity contribution >= 4 is 41.7 Å². The first kappa shape index (κ1) is 24.9. The first-order valence-electron chi connectivity index (χ1n) is 9.49. The van der Waals surface area contributed by atoms with Crippen LogP contribution in [0.1, 0.15) is 35.9 Å². The number of hydrogen-bond donors (Lipinski definition) is 3. The quantitative estimate of drug-likeness (QED) is 0.301. The van der Waals surface area contributed by atoms with Crippen LogP contribution in [0, 0.1) is 20.8 Å². The zero-order valence-corrected chi connectivity index (χ0v) is 20.4. The standard InChI is InChI=1S/C20H31N7O.HI/c1-13-7-8-18(23-12-13)25-19(28)9-10-22-20(21-5)24-14(2)11-17-15(3)26-27(6)16(17)4;/h7-8,12,14H,9-11H2,1-6H3,(H2,21,22,24)(H,23,25,28);1H. The Balaban J connectivity index is 0.00000420. The van der Waals surface area contributed by atoms with E-state index < -0.39 is 0 Å². The summed E-state index contributed by atoms with van der Waals surface area (Å²) in [5, 5.41) is 13.8. The van der Waals surface area contributed by atoms with E-state index in [1.165, 1.54) is 11.3 Å². The van der Waals surface area contributed by atoms with Crippen LogP contribution in [-0.4, -0.2) is 46.3 Å². The second kappa shape index (κ2) is 11.7. The monoisotopic (exact) mass is 513 g/mol. The summed E-state index contributed by atoms with van der Waals surface area (Å²) in [5.74, 6) is 1.15. The lowest BCUT2D eigenvalue weighted by Gasteiger charge is -2.18. The number of hydrogen-bond acceptors (Lipinski definition) is 4. The molecule has 0 aliphatic heterocycles. The highest BCUT2D eigenvalue weighted by Gasteiger charge is 2.14. The molecule has 0 radical (unpaired) electrons. The summed E-state index contributed by atoms with van der Waals surface area (Å²) in [6, 6.07) is 3.89. The molecule has 2 rings (SSSR count). The van der Waals surface area contributed by atoms with E-state index >= 15 is 0 Å². The van der Waals surface area contributed by atoms with Gasteiger partial charge in [-0.3, -0.25) is 14.5 Å². The van der Waals surface area contributed by atoms with E-state index in [1.54, 1.807) is 19.3 Å². The molecular formula is C20H32IN7O. The van der Waals surface area contributed by atoms with Crippen molar-refractivity contribution in [2.45, 2.75) is 46.6 Å². The van der Waals surface area contributed by atoms with Gasteiger partial charge in [-0.2, -0.15) is 5.10 Å². The van der Waals surface area contributed by atoms with E-state index in [0.717, 1.165) is 17.7 Å². The molecular weight excluding hydrogens is 481 g/mol. The number of anilines is 1. The van der Waals surface area contributed by atoms with Crippen LogP contribution in [0.5, 0.6) is 0 Å². The van der Waals surface area contributed by atoms with Gasteiger partial charge in [0.2, 0.25) is 5.91 Å². The lowest BCUT2D eigenvalue weighted by Crippen LogP contribution is -2.44. The highest BCUT2D eigenvalue weighted by molar-refractivity contribution is 14.0. The molecule has 0 aromatic carbocycles. The summed E-state index contributed by atoms with van der Waals surface area (Å²) in [6.07, 6.45) is 2.91. The van der Waals surface area contributed by atoms with E-state index in [2.05, 4.69) is 44.9 Å². The minimum absolute atomic E-state index is 0. The zero-order valence-electron chi connectivity index (χ0n) is 18.0. The van der Waals surface area contributed by atoms with E-state index in [-0.39, 0.29) is 35.9 Å². The average Bonchev–Trinajstić information content (AvgIpc) is 2.89. The molecule has 29 heavy (non-hydrogen) atoms. The fourth-order valence-corrected chi connectivity index (χ4v) is 2.94. The maximum Gasteiger partial charge on any atom is 0.227 e. The summed E-state index contributed by atoms with van der Waals surface area (Å²) < 4.78 is 1.91. The van der Waals surface area contributed by atoms with E-state index in [0.29, 0.717) is 24.7 Å². The van der Waals surface area contributed by atoms with E-state index in [4.69, 9.17) is 0 Å². The Morgan fingerprint density at radius 3 is 2.55 bits per heavy atom. The number of guanidine groups is 1. The highest BCUT2D eigenvalue weighted by Crippen LogP contribution is 2.14. The molecule has 2 aromatic rings. The molecule has 8 nitrogen and oxygen atoms in total. The van der Waals surface area contributed by atoms with Crippen molar-refractivity contribution in [1.29, 1.82) is 0 Å². The van der Waals surface area contributed by atoms with Crippen molar-refractivity contribution in [1.82, 2.24) is 25.4 Å². The molecule has 9 heteroatoms. The molecule has 1 amide bonds. The second-order valence-corrected chi connectivity index (χ2v) is 7.04. The average molecular weight is 513 g/mol. The number of amides is 1. The number of carbonyl (C=O) groups is 1. The smallest absolute Gasteiger partial charge is 0.227 e. The van der Waals surface area contributed by atoms with Gasteiger partial charge in [-0.05, 0) is 51.3 Å². The maximum absolute atomic E-state index is 12.0. The Morgan fingerprint density at radius 2 is 2.00 bits per heavy atom. The number of aromatic nitrogens is 3. The number of pyridine rings is 1. The van der Waals surface area contributed by atoms with Crippen molar-refractivity contribution in [3.63, 3.8) is 0 Å². The van der Waals surface area contributed by atoms with Gasteiger partial charge in [0.15, 0.2) is 5.96 Å². The lowest BCUT2D eigenvalue weighted by atomic mass is 10.1. The van der Waals surface area contributed by atoms with Gasteiger partial charge in [-0.25, -0.2) is 4.98 Å². The van der Waals surface area contributed by atoms with Gasteiger partial charge in [0.25, 0.3) is 0 Å². The van der Waals surface area contributed by atoms with Crippen LogP contribution in [0.4, 0.5) is 5.82 Å². The molecule has 1 unspecified atom stereocenters. The van der Waals surface area contributed by atoms with Gasteiger partial charge < -0.3 is 16.0 Å². The Morgan fingerprint density at radius 1 is 1.28 bits per heavy atom. The second-order valence-electron chi connectivity index (χ2n) is 7.04. The molecule has 3 N–H and O–H groups in total. The van der Waals surface area contributed by atoms with Gasteiger partial charge in [0, 0.05) is 45.0 Å². The summed E-state index contributed by atoms with van der Waals surface area (Å²) in [4.78, 5) is 20.5. The van der Waals surface area contributed by atoms with E-state index in [9.17, 15) is 4.79 Å². The number of halogens is 1. The van der Waals surface area contributed by atoms with Gasteiger partial charge in [0.05, 0.1) is 5.69 Å². The molecule has 0 spiro atoms. The van der Waals surface area contributed by atoms with Gasteiger partial charge in [-0.15, -0.1) is 24.0 Å². The molecule has 2 heterocycles. The number of carbonyl (C=O) groups excluding carboxylic acids is 1. The fraction of sp³-hybridized carbons (Fsp3) is 0.500. The number of nitrogens with one attached hydrogen (secondary N) is 3. The summed E-state index contributed by atoms with van der Waals surface area (Å²) >= 11 is 0. The zero-order chi connectivity index (χ0) is 20.7. The molecule has 0 aliphatic carbocycles. The Bertz CT molecular complexity index is 830. The summed E-state index contributed by atoms with van der Waals surface area (Å²) in [7, 11) is 3.68. The first-order valence-corrected chi connectivity index (χ1v) is 9.49. The fourth-order valence-electron chi connectivity index (χ4n) is 2.94. The third-order valence-electron chi connectivity index (χ3n) is 4.60. The molecule has 0 saturated carbocycles. The van der Waals surface area contributed by atoms with Crippen LogP contribution in [-0.2, 0) is 18.3 Å². The third kappa shape index (κ3) is 7.64. The lowest BCUT2D eigenvalue weighted by molar-refractivity contribution is -0.116. The largest absolute Gasteiger partial charge is 0.356 e. The topological polar surface area (TPSA) is 96.2 Å². The minimum Gasteiger partial charge on any atom is -0.356 e. The molecule has 160 valence electrons. The van der Waals surface area contributed by atoms with Gasteiger partial charge in [0.1, 0.15) is 5.82 Å². The SMILES string of the molecule is CN=C(NCCC(=O)Nc1ccc(C)cn1)NC(C)Cc1c(C)nn(C)c1C.I. The number of nitrogens with zero attached hydrogens (tertiary/aromatic N) is 4. The minimum atomic E-state index is -0.0889. The van der Waals surface area contributed by atoms with Gasteiger partial charge >= 0.3 is 0 Å². The highest BCUT2D eigenvalue weighted by atomic mass is 127. The van der Waals surface area contributed by atoms with Crippen molar-refractivity contribution in [3.8, 4) is 0 Å². The Kier molecular flexibility index (Phi) is 10.1. The van der Waals surface area contributed by atoms with Crippen LogP contribution < -0.4 is 16.0 Å². The molecule has 0 aliphatic rings. The molecule has 0 saturated heterocycles. The van der Waals surface area contributed by atoms with Crippen LogP contribution >= 0.6 is 24.0 Å². The van der Waals surface area contributed by atoms with Crippen molar-refractivity contribution in [3.05, 3.63) is 40.8 Å². The van der Waals surface area contributed by atoms with Crippen LogP contribution in [0.2, 0.25) is 0 Å². The molecule has 1 atom stereocenters. The van der Waals surface area contributed by atoms with Crippen LogP contribution in [0.3, 0.4) is 0 Å². The predicted molar refractivity (Wildman–Crippen MR) is 128 cm³/mol. The van der Waals surface area contributed by atoms with E-state index in [1.807, 2.05) is 31.6 Å². The van der Waals surface area contributed by atoms with Crippen molar-refractivity contribution in [2.75, 3.05) is 18.9 Å². The summed E-state index contributed by atoms with van der Waals surface area (Å²) in [6.45, 7) is 8.66. The first-order chi connectivity index (χ1) is 13.3. The molecule has 2 aromatic heterocycles. The number of aryl methyl sites for hydroxylation is 3. The van der Waals surface area contributed by atoms with Crippen LogP contribution in [0.15, 0.2) is 23.3 Å². The van der Waals surface area contributed by atoms with Crippen molar-refractivity contribution in [2.24, 2.45) is 12.0 Å². The van der Waals surface area contributed by atoms with Gasteiger partial charge in [-0.1, -0.05) is 6.07 Å². The predicted octanol–water partition coefficient (Wildman–Crippen LogP) is 2.48. The molecule has 0 fully saturated rings. The number of rotatable bonds is 7. The summed E-state index contributed by atoms with van der Waals surface area (Å²) in [5.41, 5.74) is 4.54. The van der Waals surface area contributed by atoms with Crippen molar-refractivity contribution < 1.29 is 4.79 Å². The number of aliphatic imine (C=N–C) groups is 1. The van der Waals surface area contributed by atoms with Crippen LogP contribution in [0.25, 0.3) is 0 Å². The third-order valence-corrected chi connectivity index (χ3v) is 4.60. The molecule has 0 bridgehead atoms. The Labute approximate surface area is 190 Å². The Hall–Kier alpha value is -2.17.